The van der Waals surface area contributed by atoms with Crippen molar-refractivity contribution in [2.75, 3.05) is 17.2 Å². The summed E-state index contributed by atoms with van der Waals surface area (Å²) in [5.41, 5.74) is 3.65. The number of rotatable bonds is 6. The largest absolute Gasteiger partial charge is 0.486 e. The molecule has 0 amide bonds. The zero-order chi connectivity index (χ0) is 21.9. The molecule has 0 unspecified atom stereocenters. The monoisotopic (exact) mass is 446 g/mol. The summed E-state index contributed by atoms with van der Waals surface area (Å²) in [7, 11) is 0. The van der Waals surface area contributed by atoms with Crippen molar-refractivity contribution in [2.45, 2.75) is 26.5 Å². The number of benzene rings is 2. The standard InChI is InChI=1S/C23H22N6O2S/c1-14-9-16(4-6-20(14)30-12-21-24-7-8-32-21)28-22-18-10-17(3-5-19(18)25-13-26-22)29-23-27-15(2)11-31-23/h3-10,13,15H,11-12H2,1-2H3,(H,27,29)(H,25,26,28)/t15-/m1/s1. The molecule has 3 heterocycles. The molecule has 2 aromatic heterocycles. The Balaban J connectivity index is 1.35. The van der Waals surface area contributed by atoms with Gasteiger partial charge < -0.3 is 20.1 Å². The van der Waals surface area contributed by atoms with Gasteiger partial charge in [0.25, 0.3) is 6.02 Å². The van der Waals surface area contributed by atoms with Gasteiger partial charge in [-0.3, -0.25) is 0 Å². The summed E-state index contributed by atoms with van der Waals surface area (Å²) in [4.78, 5) is 17.5. The smallest absolute Gasteiger partial charge is 0.289 e. The average Bonchev–Trinajstić information content (AvgIpc) is 3.45. The molecule has 0 saturated heterocycles. The Morgan fingerprint density at radius 3 is 2.75 bits per heavy atom. The van der Waals surface area contributed by atoms with E-state index < -0.39 is 0 Å². The SMILES string of the molecule is Cc1cc(Nc2ncnc3ccc(NC4=N[C@H](C)CO4)cc23)ccc1OCc1nccs1. The van der Waals surface area contributed by atoms with Crippen molar-refractivity contribution in [3.8, 4) is 5.75 Å². The molecule has 2 aromatic carbocycles. The van der Waals surface area contributed by atoms with Gasteiger partial charge in [-0.05, 0) is 55.8 Å². The number of thiazole rings is 1. The number of aliphatic imine (C=N–C) groups is 1. The first-order valence-corrected chi connectivity index (χ1v) is 11.1. The molecule has 0 spiro atoms. The Hall–Kier alpha value is -3.72. The second-order valence-corrected chi connectivity index (χ2v) is 8.47. The summed E-state index contributed by atoms with van der Waals surface area (Å²) < 4.78 is 11.5. The first-order chi connectivity index (χ1) is 15.6. The Labute approximate surface area is 189 Å². The van der Waals surface area contributed by atoms with E-state index in [1.807, 2.05) is 55.6 Å². The zero-order valence-electron chi connectivity index (χ0n) is 17.7. The molecule has 32 heavy (non-hydrogen) atoms. The molecule has 0 fully saturated rings. The van der Waals surface area contributed by atoms with Gasteiger partial charge in [-0.25, -0.2) is 19.9 Å². The van der Waals surface area contributed by atoms with Crippen LogP contribution in [0.15, 0.2) is 59.3 Å². The summed E-state index contributed by atoms with van der Waals surface area (Å²) in [6.07, 6.45) is 3.34. The third kappa shape index (κ3) is 4.47. The van der Waals surface area contributed by atoms with Crippen LogP contribution in [0.3, 0.4) is 0 Å². The number of anilines is 3. The number of aromatic nitrogens is 3. The van der Waals surface area contributed by atoms with E-state index in [-0.39, 0.29) is 6.04 Å². The van der Waals surface area contributed by atoms with E-state index in [0.29, 0.717) is 19.2 Å². The molecular weight excluding hydrogens is 424 g/mol. The lowest BCUT2D eigenvalue weighted by molar-refractivity contribution is 0.303. The van der Waals surface area contributed by atoms with E-state index in [9.17, 15) is 0 Å². The fourth-order valence-corrected chi connectivity index (χ4v) is 3.92. The van der Waals surface area contributed by atoms with Gasteiger partial charge in [-0.15, -0.1) is 11.3 Å². The Morgan fingerprint density at radius 2 is 1.97 bits per heavy atom. The van der Waals surface area contributed by atoms with Crippen LogP contribution >= 0.6 is 11.3 Å². The number of hydrogen-bond acceptors (Lipinski definition) is 9. The summed E-state index contributed by atoms with van der Waals surface area (Å²) in [6.45, 7) is 5.09. The molecule has 5 rings (SSSR count). The van der Waals surface area contributed by atoms with E-state index >= 15 is 0 Å². The van der Waals surface area contributed by atoms with Crippen molar-refractivity contribution in [1.82, 2.24) is 15.0 Å². The van der Waals surface area contributed by atoms with Gasteiger partial charge in [0.15, 0.2) is 0 Å². The predicted molar refractivity (Wildman–Crippen MR) is 127 cm³/mol. The van der Waals surface area contributed by atoms with Crippen LogP contribution < -0.4 is 15.4 Å². The van der Waals surface area contributed by atoms with E-state index in [1.54, 1.807) is 23.9 Å². The summed E-state index contributed by atoms with van der Waals surface area (Å²) in [5.74, 6) is 1.55. The molecule has 0 radical (unpaired) electrons. The Bertz CT molecular complexity index is 1270. The number of amidine groups is 1. The fraction of sp³-hybridized carbons (Fsp3) is 0.217. The normalized spacial score (nSPS) is 15.3. The van der Waals surface area contributed by atoms with Crippen molar-refractivity contribution < 1.29 is 9.47 Å². The van der Waals surface area contributed by atoms with Crippen LogP contribution in [0.4, 0.5) is 17.2 Å². The lowest BCUT2D eigenvalue weighted by Gasteiger charge is -2.13. The maximum atomic E-state index is 5.91. The number of hydrogen-bond donors (Lipinski definition) is 2. The topological polar surface area (TPSA) is 93.6 Å². The minimum Gasteiger partial charge on any atom is -0.486 e. The number of fused-ring (bicyclic) bond motifs is 1. The maximum absolute atomic E-state index is 5.91. The third-order valence-corrected chi connectivity index (χ3v) is 5.71. The molecule has 162 valence electrons. The molecule has 0 aliphatic carbocycles. The molecule has 1 aliphatic rings. The van der Waals surface area contributed by atoms with Gasteiger partial charge in [0.05, 0.1) is 11.6 Å². The average molecular weight is 447 g/mol. The highest BCUT2D eigenvalue weighted by atomic mass is 32.1. The molecule has 4 aromatic rings. The Kier molecular flexibility index (Phi) is 5.55. The molecule has 8 nitrogen and oxygen atoms in total. The van der Waals surface area contributed by atoms with Crippen LogP contribution in [0.2, 0.25) is 0 Å². The lowest BCUT2D eigenvalue weighted by Crippen LogP contribution is -2.11. The number of ether oxygens (including phenoxy) is 2. The lowest BCUT2D eigenvalue weighted by atomic mass is 10.1. The van der Waals surface area contributed by atoms with Crippen LogP contribution in [0.1, 0.15) is 17.5 Å². The number of aryl methyl sites for hydroxylation is 1. The molecule has 2 N–H and O–H groups in total. The number of nitrogens with one attached hydrogen (secondary N) is 2. The van der Waals surface area contributed by atoms with E-state index in [0.717, 1.165) is 44.4 Å². The second kappa shape index (κ2) is 8.80. The highest BCUT2D eigenvalue weighted by Crippen LogP contribution is 2.29. The maximum Gasteiger partial charge on any atom is 0.289 e. The van der Waals surface area contributed by atoms with E-state index in [1.165, 1.54) is 0 Å². The summed E-state index contributed by atoms with van der Waals surface area (Å²) in [5, 5.41) is 10.4. The molecule has 9 heteroatoms. The van der Waals surface area contributed by atoms with Crippen LogP contribution in [0.5, 0.6) is 5.75 Å². The molecule has 1 atom stereocenters. The van der Waals surface area contributed by atoms with Gasteiger partial charge in [0.1, 0.15) is 36.1 Å². The zero-order valence-corrected chi connectivity index (χ0v) is 18.5. The molecular formula is C23H22N6O2S. The van der Waals surface area contributed by atoms with Crippen LogP contribution in [-0.4, -0.2) is 33.6 Å². The van der Waals surface area contributed by atoms with E-state index in [4.69, 9.17) is 9.47 Å². The van der Waals surface area contributed by atoms with Crippen molar-refractivity contribution >= 4 is 45.5 Å². The fourth-order valence-electron chi connectivity index (χ4n) is 3.39. The molecule has 1 aliphatic heterocycles. The third-order valence-electron chi connectivity index (χ3n) is 4.96. The summed E-state index contributed by atoms with van der Waals surface area (Å²) in [6, 6.07) is 12.6. The quantitative estimate of drug-likeness (QED) is 0.435. The minimum absolute atomic E-state index is 0.162. The van der Waals surface area contributed by atoms with Crippen molar-refractivity contribution in [1.29, 1.82) is 0 Å². The van der Waals surface area contributed by atoms with Gasteiger partial charge in [-0.1, -0.05) is 0 Å². The van der Waals surface area contributed by atoms with Crippen LogP contribution in [-0.2, 0) is 11.3 Å². The molecule has 0 saturated carbocycles. The van der Waals surface area contributed by atoms with Crippen LogP contribution in [0, 0.1) is 6.92 Å². The number of nitrogens with zero attached hydrogens (tertiary/aromatic N) is 4. The highest BCUT2D eigenvalue weighted by molar-refractivity contribution is 7.09. The Morgan fingerprint density at radius 1 is 1.09 bits per heavy atom. The van der Waals surface area contributed by atoms with Gasteiger partial charge >= 0.3 is 0 Å². The summed E-state index contributed by atoms with van der Waals surface area (Å²) >= 11 is 1.58. The van der Waals surface area contributed by atoms with Crippen molar-refractivity contribution in [2.24, 2.45) is 4.99 Å². The first kappa shape index (κ1) is 20.2. The van der Waals surface area contributed by atoms with Gasteiger partial charge in [-0.2, -0.15) is 0 Å². The second-order valence-electron chi connectivity index (χ2n) is 7.49. The first-order valence-electron chi connectivity index (χ1n) is 10.3. The van der Waals surface area contributed by atoms with Crippen molar-refractivity contribution in [3.05, 3.63) is 64.9 Å². The van der Waals surface area contributed by atoms with Gasteiger partial charge in [0.2, 0.25) is 0 Å². The highest BCUT2D eigenvalue weighted by Gasteiger charge is 2.15. The van der Waals surface area contributed by atoms with Crippen molar-refractivity contribution in [3.63, 3.8) is 0 Å². The predicted octanol–water partition coefficient (Wildman–Crippen LogP) is 4.90. The van der Waals surface area contributed by atoms with Gasteiger partial charge in [0, 0.05) is 28.3 Å². The van der Waals surface area contributed by atoms with E-state index in [2.05, 4.69) is 30.6 Å². The molecule has 0 bridgehead atoms. The minimum atomic E-state index is 0.162. The van der Waals surface area contributed by atoms with Crippen LogP contribution in [0.25, 0.3) is 10.9 Å².